The first-order chi connectivity index (χ1) is 15.1. The van der Waals surface area contributed by atoms with Crippen molar-refractivity contribution in [2.24, 2.45) is 10.9 Å². The Labute approximate surface area is 216 Å². The molecule has 0 aromatic heterocycles. The van der Waals surface area contributed by atoms with Crippen LogP contribution in [0.4, 0.5) is 0 Å². The zero-order chi connectivity index (χ0) is 23.7. The van der Waals surface area contributed by atoms with Crippen molar-refractivity contribution in [3.8, 4) is 5.75 Å². The molecule has 0 aliphatic heterocycles. The van der Waals surface area contributed by atoms with Gasteiger partial charge in [0.15, 0.2) is 5.96 Å². The van der Waals surface area contributed by atoms with Crippen LogP contribution in [-0.4, -0.2) is 51.1 Å². The number of ether oxygens (including phenoxy) is 1. The van der Waals surface area contributed by atoms with Crippen molar-refractivity contribution in [3.05, 3.63) is 65.2 Å². The number of halogens is 1. The summed E-state index contributed by atoms with van der Waals surface area (Å²) in [5.74, 6) is 2.15. The van der Waals surface area contributed by atoms with Crippen molar-refractivity contribution in [1.29, 1.82) is 0 Å². The van der Waals surface area contributed by atoms with Gasteiger partial charge in [0.2, 0.25) is 0 Å². The first-order valence-corrected chi connectivity index (χ1v) is 11.1. The summed E-state index contributed by atoms with van der Waals surface area (Å²) in [7, 11) is 5.27. The molecule has 0 spiro atoms. The van der Waals surface area contributed by atoms with Crippen LogP contribution in [0.5, 0.6) is 5.75 Å². The van der Waals surface area contributed by atoms with Crippen LogP contribution < -0.4 is 15.4 Å². The summed E-state index contributed by atoms with van der Waals surface area (Å²) in [5.41, 5.74) is 2.92. The standard InChI is InChI=1S/C26H38N4O2.HI/c1-19(2)17-32-23-14-12-22(13-15-23)26(3,4)18-29-25(27-5)28-16-20-8-10-21(11-9-20)24(31)30(6)7;/h8-15,19H,16-18H2,1-7H3,(H2,27,28,29);1H. The Hall–Kier alpha value is -2.29. The first-order valence-electron chi connectivity index (χ1n) is 11.1. The van der Waals surface area contributed by atoms with Crippen molar-refractivity contribution >= 4 is 35.8 Å². The molecule has 0 unspecified atom stereocenters. The number of nitrogens with zero attached hydrogens (tertiary/aromatic N) is 2. The first kappa shape index (κ1) is 28.7. The van der Waals surface area contributed by atoms with E-state index < -0.39 is 0 Å². The van der Waals surface area contributed by atoms with Gasteiger partial charge in [0.25, 0.3) is 5.91 Å². The largest absolute Gasteiger partial charge is 0.493 e. The van der Waals surface area contributed by atoms with Crippen LogP contribution in [-0.2, 0) is 12.0 Å². The fraction of sp³-hybridized carbons (Fsp3) is 0.462. The number of hydrogen-bond donors (Lipinski definition) is 2. The molecule has 1 amide bonds. The highest BCUT2D eigenvalue weighted by Gasteiger charge is 2.21. The molecular weight excluding hydrogens is 527 g/mol. The molecule has 0 fully saturated rings. The lowest BCUT2D eigenvalue weighted by atomic mass is 9.84. The average Bonchev–Trinajstić information content (AvgIpc) is 2.78. The van der Waals surface area contributed by atoms with Gasteiger partial charge in [-0.15, -0.1) is 24.0 Å². The summed E-state index contributed by atoms with van der Waals surface area (Å²) in [5, 5.41) is 6.77. The molecule has 2 rings (SSSR count). The van der Waals surface area contributed by atoms with Crippen molar-refractivity contribution in [3.63, 3.8) is 0 Å². The smallest absolute Gasteiger partial charge is 0.253 e. The minimum absolute atomic E-state index is 0. The van der Waals surface area contributed by atoms with Gasteiger partial charge in [-0.1, -0.05) is 52.0 Å². The average molecular weight is 567 g/mol. The van der Waals surface area contributed by atoms with Crippen molar-refractivity contribution in [2.75, 3.05) is 34.3 Å². The molecular formula is C26H39IN4O2. The SMILES string of the molecule is CN=C(NCc1ccc(C(=O)N(C)C)cc1)NCC(C)(C)c1ccc(OCC(C)C)cc1.I. The van der Waals surface area contributed by atoms with Crippen LogP contribution in [0.15, 0.2) is 53.5 Å². The monoisotopic (exact) mass is 566 g/mol. The lowest BCUT2D eigenvalue weighted by Crippen LogP contribution is -2.43. The second kappa shape index (κ2) is 13.4. The van der Waals surface area contributed by atoms with Crippen molar-refractivity contribution < 1.29 is 9.53 Å². The van der Waals surface area contributed by atoms with Gasteiger partial charge in [-0.25, -0.2) is 0 Å². The molecule has 2 N–H and O–H groups in total. The minimum Gasteiger partial charge on any atom is -0.493 e. The third-order valence-electron chi connectivity index (χ3n) is 5.21. The normalized spacial score (nSPS) is 11.6. The molecule has 0 atom stereocenters. The molecule has 0 radical (unpaired) electrons. The molecule has 2 aromatic carbocycles. The maximum Gasteiger partial charge on any atom is 0.253 e. The van der Waals surface area contributed by atoms with E-state index in [1.807, 2.05) is 36.4 Å². The fourth-order valence-corrected chi connectivity index (χ4v) is 3.10. The number of carbonyl (C=O) groups excluding carboxylic acids is 1. The summed E-state index contributed by atoms with van der Waals surface area (Å²) < 4.78 is 5.79. The molecule has 7 heteroatoms. The van der Waals surface area contributed by atoms with Crippen molar-refractivity contribution in [1.82, 2.24) is 15.5 Å². The highest BCUT2D eigenvalue weighted by Crippen LogP contribution is 2.25. The van der Waals surface area contributed by atoms with Gasteiger partial charge in [0.1, 0.15) is 5.75 Å². The summed E-state index contributed by atoms with van der Waals surface area (Å²) in [4.78, 5) is 17.9. The van der Waals surface area contributed by atoms with E-state index in [1.54, 1.807) is 26.0 Å². The lowest BCUT2D eigenvalue weighted by molar-refractivity contribution is 0.0827. The topological polar surface area (TPSA) is 66.0 Å². The van der Waals surface area contributed by atoms with Crippen LogP contribution in [0.25, 0.3) is 0 Å². The quantitative estimate of drug-likeness (QED) is 0.263. The lowest BCUT2D eigenvalue weighted by Gasteiger charge is -2.27. The van der Waals surface area contributed by atoms with Crippen LogP contribution in [0, 0.1) is 5.92 Å². The molecule has 0 saturated carbocycles. The summed E-state index contributed by atoms with van der Waals surface area (Å²) in [6, 6.07) is 16.0. The second-order valence-electron chi connectivity index (χ2n) is 9.29. The molecule has 6 nitrogen and oxygen atoms in total. The van der Waals surface area contributed by atoms with Crippen LogP contribution in [0.2, 0.25) is 0 Å². The molecule has 0 aliphatic rings. The Bertz CT molecular complexity index is 892. The number of amides is 1. The Kier molecular flexibility index (Phi) is 11.7. The van der Waals surface area contributed by atoms with Gasteiger partial charge in [-0.3, -0.25) is 9.79 Å². The zero-order valence-corrected chi connectivity index (χ0v) is 23.3. The zero-order valence-electron chi connectivity index (χ0n) is 20.9. The number of hydrogen-bond acceptors (Lipinski definition) is 3. The van der Waals surface area contributed by atoms with E-state index in [9.17, 15) is 4.79 Å². The Balaban J connectivity index is 0.00000544. The van der Waals surface area contributed by atoms with Gasteiger partial charge in [-0.05, 0) is 41.3 Å². The Morgan fingerprint density at radius 1 is 1.03 bits per heavy atom. The van der Waals surface area contributed by atoms with E-state index in [2.05, 4.69) is 55.5 Å². The second-order valence-corrected chi connectivity index (χ2v) is 9.29. The van der Waals surface area contributed by atoms with Gasteiger partial charge in [0, 0.05) is 45.2 Å². The van der Waals surface area contributed by atoms with Crippen LogP contribution >= 0.6 is 24.0 Å². The Morgan fingerprint density at radius 3 is 2.15 bits per heavy atom. The van der Waals surface area contributed by atoms with Gasteiger partial charge in [0.05, 0.1) is 6.61 Å². The number of carbonyl (C=O) groups is 1. The highest BCUT2D eigenvalue weighted by atomic mass is 127. The third kappa shape index (κ3) is 9.23. The third-order valence-corrected chi connectivity index (χ3v) is 5.21. The summed E-state index contributed by atoms with van der Waals surface area (Å²) in [6.07, 6.45) is 0. The number of benzene rings is 2. The summed E-state index contributed by atoms with van der Waals surface area (Å²) >= 11 is 0. The summed E-state index contributed by atoms with van der Waals surface area (Å²) in [6.45, 7) is 10.8. The van der Waals surface area contributed by atoms with Gasteiger partial charge >= 0.3 is 0 Å². The number of rotatable bonds is 9. The number of nitrogens with one attached hydrogen (secondary N) is 2. The van der Waals surface area contributed by atoms with E-state index >= 15 is 0 Å². The van der Waals surface area contributed by atoms with E-state index in [1.165, 1.54) is 5.56 Å². The highest BCUT2D eigenvalue weighted by molar-refractivity contribution is 14.0. The Morgan fingerprint density at radius 2 is 1.64 bits per heavy atom. The molecule has 2 aromatic rings. The maximum atomic E-state index is 12.0. The van der Waals surface area contributed by atoms with E-state index in [-0.39, 0.29) is 35.3 Å². The van der Waals surface area contributed by atoms with Gasteiger partial charge in [-0.2, -0.15) is 0 Å². The molecule has 0 bridgehead atoms. The van der Waals surface area contributed by atoms with E-state index in [4.69, 9.17) is 4.74 Å². The molecule has 0 aliphatic carbocycles. The van der Waals surface area contributed by atoms with E-state index in [0.29, 0.717) is 18.0 Å². The molecule has 0 heterocycles. The van der Waals surface area contributed by atoms with Crippen molar-refractivity contribution in [2.45, 2.75) is 39.7 Å². The van der Waals surface area contributed by atoms with Crippen LogP contribution in [0.1, 0.15) is 49.2 Å². The number of aliphatic imine (C=N–C) groups is 1. The minimum atomic E-state index is -0.0810. The fourth-order valence-electron chi connectivity index (χ4n) is 3.10. The van der Waals surface area contributed by atoms with Crippen LogP contribution in [0.3, 0.4) is 0 Å². The van der Waals surface area contributed by atoms with E-state index in [0.717, 1.165) is 30.4 Å². The maximum absolute atomic E-state index is 12.0. The molecule has 33 heavy (non-hydrogen) atoms. The van der Waals surface area contributed by atoms with Gasteiger partial charge < -0.3 is 20.3 Å². The molecule has 182 valence electrons. The molecule has 0 saturated heterocycles. The predicted octanol–water partition coefficient (Wildman–Crippen LogP) is 4.68. The number of guanidine groups is 1. The predicted molar refractivity (Wildman–Crippen MR) is 148 cm³/mol.